The van der Waals surface area contributed by atoms with Crippen LogP contribution in [0, 0.1) is 0 Å². The Balaban J connectivity index is 2.10. The number of hydrogen-bond donors (Lipinski definition) is 2. The first-order chi connectivity index (χ1) is 9.06. The molecule has 0 aliphatic rings. The summed E-state index contributed by atoms with van der Waals surface area (Å²) in [6.07, 6.45) is 1.61. The van der Waals surface area contributed by atoms with Crippen molar-refractivity contribution in [3.05, 3.63) is 53.9 Å². The molecule has 19 heavy (non-hydrogen) atoms. The van der Waals surface area contributed by atoms with Gasteiger partial charge in [0.05, 0.1) is 11.9 Å². The van der Waals surface area contributed by atoms with E-state index in [1.165, 1.54) is 0 Å². The quantitative estimate of drug-likeness (QED) is 0.876. The average Bonchev–Trinajstić information content (AvgIpc) is 2.40. The fraction of sp³-hybridized carbons (Fsp3) is 0.143. The molecule has 2 aromatic rings. The Kier molecular flexibility index (Phi) is 3.77. The van der Waals surface area contributed by atoms with Crippen LogP contribution in [-0.2, 0) is 0 Å². The lowest BCUT2D eigenvalue weighted by molar-refractivity contribution is 0.100. The smallest absolute Gasteiger partial charge is 0.248 e. The summed E-state index contributed by atoms with van der Waals surface area (Å²) in [4.78, 5) is 15.1. The molecule has 1 aromatic carbocycles. The zero-order chi connectivity index (χ0) is 13.8. The molecule has 98 valence electrons. The largest absolute Gasteiger partial charge is 0.456 e. The number of benzene rings is 1. The number of amides is 1. The lowest BCUT2D eigenvalue weighted by Crippen LogP contribution is -2.10. The van der Waals surface area contributed by atoms with E-state index in [9.17, 15) is 4.79 Å². The number of carbonyl (C=O) groups is 1. The fourth-order valence-corrected chi connectivity index (χ4v) is 1.54. The van der Waals surface area contributed by atoms with Gasteiger partial charge in [0.25, 0.3) is 0 Å². The monoisotopic (exact) mass is 257 g/mol. The van der Waals surface area contributed by atoms with Gasteiger partial charge in [0.15, 0.2) is 0 Å². The van der Waals surface area contributed by atoms with E-state index in [-0.39, 0.29) is 6.04 Å². The molecule has 0 spiro atoms. The minimum Gasteiger partial charge on any atom is -0.456 e. The molecule has 0 saturated heterocycles. The first kappa shape index (κ1) is 13.0. The normalized spacial score (nSPS) is 11.9. The van der Waals surface area contributed by atoms with Crippen molar-refractivity contribution in [2.75, 3.05) is 0 Å². The molecule has 0 aliphatic heterocycles. The van der Waals surface area contributed by atoms with Gasteiger partial charge in [-0.2, -0.15) is 0 Å². The second kappa shape index (κ2) is 5.49. The first-order valence-electron chi connectivity index (χ1n) is 5.85. The van der Waals surface area contributed by atoms with Gasteiger partial charge in [-0.15, -0.1) is 0 Å². The molecule has 1 atom stereocenters. The van der Waals surface area contributed by atoms with Gasteiger partial charge in [0.2, 0.25) is 5.91 Å². The van der Waals surface area contributed by atoms with E-state index in [2.05, 4.69) is 4.98 Å². The van der Waals surface area contributed by atoms with Crippen LogP contribution in [0.1, 0.15) is 29.0 Å². The number of carbonyl (C=O) groups excluding carboxylic acids is 1. The molecule has 0 aliphatic carbocycles. The van der Waals surface area contributed by atoms with Crippen molar-refractivity contribution in [2.45, 2.75) is 13.0 Å². The number of primary amides is 1. The number of hydrogen-bond acceptors (Lipinski definition) is 4. The number of nitrogens with zero attached hydrogens (tertiary/aromatic N) is 1. The molecular formula is C14H15N3O2. The van der Waals surface area contributed by atoms with Crippen LogP contribution in [0.2, 0.25) is 0 Å². The average molecular weight is 257 g/mol. The Labute approximate surface area is 111 Å². The van der Waals surface area contributed by atoms with Crippen molar-refractivity contribution in [1.29, 1.82) is 0 Å². The molecular weight excluding hydrogens is 242 g/mol. The maximum atomic E-state index is 10.9. The lowest BCUT2D eigenvalue weighted by atomic mass is 10.2. The van der Waals surface area contributed by atoms with E-state index in [0.29, 0.717) is 17.1 Å². The molecule has 0 radical (unpaired) electrons. The van der Waals surface area contributed by atoms with Crippen LogP contribution in [0.25, 0.3) is 0 Å². The van der Waals surface area contributed by atoms with Crippen molar-refractivity contribution in [2.24, 2.45) is 11.5 Å². The van der Waals surface area contributed by atoms with Crippen LogP contribution in [0.5, 0.6) is 11.5 Å². The molecule has 1 heterocycles. The number of aromatic nitrogens is 1. The van der Waals surface area contributed by atoms with E-state index >= 15 is 0 Å². The molecule has 1 aromatic heterocycles. The molecule has 1 unspecified atom stereocenters. The highest BCUT2D eigenvalue weighted by molar-refractivity contribution is 5.92. The van der Waals surface area contributed by atoms with E-state index < -0.39 is 5.91 Å². The van der Waals surface area contributed by atoms with Gasteiger partial charge < -0.3 is 16.2 Å². The van der Waals surface area contributed by atoms with Crippen molar-refractivity contribution in [3.8, 4) is 11.5 Å². The predicted molar refractivity (Wildman–Crippen MR) is 71.9 cm³/mol. The Bertz CT molecular complexity index is 562. The third-order valence-electron chi connectivity index (χ3n) is 2.60. The van der Waals surface area contributed by atoms with Crippen LogP contribution >= 0.6 is 0 Å². The number of pyridine rings is 1. The third kappa shape index (κ3) is 3.29. The third-order valence-corrected chi connectivity index (χ3v) is 2.60. The van der Waals surface area contributed by atoms with E-state index in [0.717, 1.165) is 5.69 Å². The van der Waals surface area contributed by atoms with Crippen LogP contribution in [-0.4, -0.2) is 10.9 Å². The molecule has 0 fully saturated rings. The maximum Gasteiger partial charge on any atom is 0.248 e. The summed E-state index contributed by atoms with van der Waals surface area (Å²) in [7, 11) is 0. The number of nitrogens with two attached hydrogens (primary N) is 2. The summed E-state index contributed by atoms with van der Waals surface area (Å²) in [5, 5.41) is 0. The highest BCUT2D eigenvalue weighted by Gasteiger charge is 2.03. The molecule has 2 rings (SSSR count). The molecule has 1 amide bonds. The molecule has 5 heteroatoms. The molecule has 4 N–H and O–H groups in total. The lowest BCUT2D eigenvalue weighted by Gasteiger charge is -2.08. The van der Waals surface area contributed by atoms with Gasteiger partial charge in [-0.3, -0.25) is 9.78 Å². The summed E-state index contributed by atoms with van der Waals surface area (Å²) >= 11 is 0. The molecule has 5 nitrogen and oxygen atoms in total. The van der Waals surface area contributed by atoms with Gasteiger partial charge in [0, 0.05) is 11.6 Å². The highest BCUT2D eigenvalue weighted by Crippen LogP contribution is 2.21. The standard InChI is InChI=1S/C14H15N3O2/c1-9(15)13-7-6-12(8-17-13)19-11-4-2-10(3-5-11)14(16)18/h2-9H,15H2,1H3,(H2,16,18). The van der Waals surface area contributed by atoms with Crippen molar-refractivity contribution >= 4 is 5.91 Å². The zero-order valence-electron chi connectivity index (χ0n) is 10.5. The van der Waals surface area contributed by atoms with Crippen LogP contribution in [0.4, 0.5) is 0 Å². The van der Waals surface area contributed by atoms with E-state index in [1.807, 2.05) is 13.0 Å². The van der Waals surface area contributed by atoms with Crippen molar-refractivity contribution < 1.29 is 9.53 Å². The predicted octanol–water partition coefficient (Wildman–Crippen LogP) is 1.99. The number of ether oxygens (including phenoxy) is 1. The summed E-state index contributed by atoms with van der Waals surface area (Å²) in [5.41, 5.74) is 12.1. The van der Waals surface area contributed by atoms with E-state index in [1.54, 1.807) is 36.5 Å². The number of rotatable bonds is 4. The Morgan fingerprint density at radius 3 is 2.26 bits per heavy atom. The summed E-state index contributed by atoms with van der Waals surface area (Å²) in [5.74, 6) is 0.756. The van der Waals surface area contributed by atoms with E-state index in [4.69, 9.17) is 16.2 Å². The zero-order valence-corrected chi connectivity index (χ0v) is 10.5. The Morgan fingerprint density at radius 2 is 1.79 bits per heavy atom. The topological polar surface area (TPSA) is 91.2 Å². The van der Waals surface area contributed by atoms with Crippen LogP contribution in [0.15, 0.2) is 42.6 Å². The van der Waals surface area contributed by atoms with Crippen LogP contribution < -0.4 is 16.2 Å². The van der Waals surface area contributed by atoms with Crippen LogP contribution in [0.3, 0.4) is 0 Å². The van der Waals surface area contributed by atoms with Crippen molar-refractivity contribution in [1.82, 2.24) is 4.98 Å². The summed E-state index contributed by atoms with van der Waals surface area (Å²) in [6.45, 7) is 1.87. The van der Waals surface area contributed by atoms with Crippen molar-refractivity contribution in [3.63, 3.8) is 0 Å². The van der Waals surface area contributed by atoms with Gasteiger partial charge in [-0.1, -0.05) is 0 Å². The fourth-order valence-electron chi connectivity index (χ4n) is 1.54. The summed E-state index contributed by atoms with van der Waals surface area (Å²) < 4.78 is 5.59. The molecule has 0 bridgehead atoms. The van der Waals surface area contributed by atoms with Gasteiger partial charge in [0.1, 0.15) is 11.5 Å². The van der Waals surface area contributed by atoms with Gasteiger partial charge >= 0.3 is 0 Å². The SMILES string of the molecule is CC(N)c1ccc(Oc2ccc(C(N)=O)cc2)cn1. The Morgan fingerprint density at radius 1 is 1.16 bits per heavy atom. The maximum absolute atomic E-state index is 10.9. The minimum atomic E-state index is -0.463. The second-order valence-electron chi connectivity index (χ2n) is 4.20. The summed E-state index contributed by atoms with van der Waals surface area (Å²) in [6, 6.07) is 10.1. The van der Waals surface area contributed by atoms with Gasteiger partial charge in [-0.05, 0) is 43.3 Å². The molecule has 0 saturated carbocycles. The minimum absolute atomic E-state index is 0.107. The first-order valence-corrected chi connectivity index (χ1v) is 5.85. The second-order valence-corrected chi connectivity index (χ2v) is 4.20. The highest BCUT2D eigenvalue weighted by atomic mass is 16.5. The Hall–Kier alpha value is -2.40. The van der Waals surface area contributed by atoms with Gasteiger partial charge in [-0.25, -0.2) is 0 Å².